The van der Waals surface area contributed by atoms with Crippen molar-refractivity contribution in [3.05, 3.63) is 24.8 Å². The van der Waals surface area contributed by atoms with Gasteiger partial charge in [-0.2, -0.15) is 0 Å². The lowest BCUT2D eigenvalue weighted by Crippen LogP contribution is -1.85. The van der Waals surface area contributed by atoms with Crippen LogP contribution in [0, 0.1) is 0 Å². The molecule has 3 nitrogen and oxygen atoms in total. The fraction of sp³-hybridized carbons (Fsp3) is 0.826. The third kappa shape index (κ3) is 43.6. The van der Waals surface area contributed by atoms with E-state index >= 15 is 0 Å². The first-order chi connectivity index (χ1) is 12.7. The maximum absolute atomic E-state index is 8.66. The molecule has 0 fully saturated rings. The maximum atomic E-state index is 8.66. The highest BCUT2D eigenvalue weighted by molar-refractivity contribution is 4.81. The maximum Gasteiger partial charge on any atom is 0.0662 e. The fourth-order valence-corrected chi connectivity index (χ4v) is 2.36. The molecular formula is C23H48O3. The zero-order valence-electron chi connectivity index (χ0n) is 17.8. The normalized spacial score (nSPS) is 10.0. The number of hydrogen-bond donors (Lipinski definition) is 3. The first-order valence-corrected chi connectivity index (χ1v) is 10.8. The van der Waals surface area contributed by atoms with Gasteiger partial charge in [-0.15, -0.1) is 6.58 Å². The molecule has 3 N–H and O–H groups in total. The number of hydrogen-bond acceptors (Lipinski definition) is 3. The zero-order valence-corrected chi connectivity index (χ0v) is 17.8. The van der Waals surface area contributed by atoms with Gasteiger partial charge in [0.1, 0.15) is 0 Å². The molecule has 0 amide bonds. The van der Waals surface area contributed by atoms with Crippen molar-refractivity contribution in [2.24, 2.45) is 0 Å². The molecule has 0 aromatic heterocycles. The SMILES string of the molecule is C=CC.CCCCCCCC/C=C\CCCCCCCCO.OCCO. The van der Waals surface area contributed by atoms with Crippen molar-refractivity contribution in [2.75, 3.05) is 19.8 Å². The molecule has 0 aromatic carbocycles. The summed E-state index contributed by atoms with van der Waals surface area (Å²) in [7, 11) is 0. The van der Waals surface area contributed by atoms with Crippen molar-refractivity contribution in [1.82, 2.24) is 0 Å². The average Bonchev–Trinajstić information content (AvgIpc) is 2.66. The predicted octanol–water partition coefficient (Wildman–Crippen LogP) is 6.18. The second-order valence-electron chi connectivity index (χ2n) is 6.52. The van der Waals surface area contributed by atoms with Gasteiger partial charge in [0.25, 0.3) is 0 Å². The van der Waals surface area contributed by atoms with E-state index in [0.29, 0.717) is 6.61 Å². The third-order valence-electron chi connectivity index (χ3n) is 3.77. The molecule has 0 saturated carbocycles. The Hall–Kier alpha value is -0.640. The minimum absolute atomic E-state index is 0.125. The molecule has 0 heterocycles. The van der Waals surface area contributed by atoms with E-state index < -0.39 is 0 Å². The molecule has 0 bridgehead atoms. The number of aliphatic hydroxyl groups is 3. The van der Waals surface area contributed by atoms with Crippen molar-refractivity contribution in [2.45, 2.75) is 104 Å². The van der Waals surface area contributed by atoms with Crippen LogP contribution in [0.4, 0.5) is 0 Å². The standard InChI is InChI=1S/C18H36O.C3H6.C2H6O2/c1-2-3-4-5-6-7-8-9-10-11-12-13-14-15-16-17-18-19;1-3-2;3-1-2-4/h9-10,19H,2-8,11-18H2,1H3;3H,1H2,2H3;3-4H,1-2H2/b10-9-;;. The van der Waals surface area contributed by atoms with Gasteiger partial charge in [0.2, 0.25) is 0 Å². The summed E-state index contributed by atoms with van der Waals surface area (Å²) in [4.78, 5) is 0. The molecular weight excluding hydrogens is 324 g/mol. The molecule has 0 unspecified atom stereocenters. The lowest BCUT2D eigenvalue weighted by molar-refractivity contribution is 0.186. The van der Waals surface area contributed by atoms with Gasteiger partial charge in [-0.3, -0.25) is 0 Å². The Bertz CT molecular complexity index is 238. The monoisotopic (exact) mass is 372 g/mol. The largest absolute Gasteiger partial charge is 0.396 e. The molecule has 0 spiro atoms. The van der Waals surface area contributed by atoms with Crippen LogP contribution in [0.5, 0.6) is 0 Å². The molecule has 0 aromatic rings. The minimum Gasteiger partial charge on any atom is -0.396 e. The second-order valence-corrected chi connectivity index (χ2v) is 6.52. The van der Waals surface area contributed by atoms with Gasteiger partial charge >= 0.3 is 0 Å². The van der Waals surface area contributed by atoms with E-state index in [9.17, 15) is 0 Å². The molecule has 0 rings (SSSR count). The molecule has 0 aliphatic heterocycles. The molecule has 0 aliphatic rings. The molecule has 158 valence electrons. The van der Waals surface area contributed by atoms with Crippen LogP contribution in [0.25, 0.3) is 0 Å². The number of unbranched alkanes of at least 4 members (excludes halogenated alkanes) is 12. The van der Waals surface area contributed by atoms with Crippen LogP contribution in [0.15, 0.2) is 24.8 Å². The summed E-state index contributed by atoms with van der Waals surface area (Å²) in [5.41, 5.74) is 0. The van der Waals surface area contributed by atoms with Gasteiger partial charge in [0.15, 0.2) is 0 Å². The van der Waals surface area contributed by atoms with Crippen LogP contribution in [-0.2, 0) is 0 Å². The van der Waals surface area contributed by atoms with Crippen LogP contribution in [0.3, 0.4) is 0 Å². The Morgan fingerprint density at radius 2 is 0.923 bits per heavy atom. The molecule has 0 aliphatic carbocycles. The highest BCUT2D eigenvalue weighted by Crippen LogP contribution is 2.09. The van der Waals surface area contributed by atoms with E-state index in [4.69, 9.17) is 15.3 Å². The number of aliphatic hydroxyl groups excluding tert-OH is 3. The zero-order chi connectivity index (χ0) is 20.1. The summed E-state index contributed by atoms with van der Waals surface area (Å²) in [6, 6.07) is 0. The first-order valence-electron chi connectivity index (χ1n) is 10.8. The van der Waals surface area contributed by atoms with Crippen molar-refractivity contribution >= 4 is 0 Å². The molecule has 0 radical (unpaired) electrons. The van der Waals surface area contributed by atoms with Crippen LogP contribution >= 0.6 is 0 Å². The van der Waals surface area contributed by atoms with E-state index in [1.165, 1.54) is 83.5 Å². The summed E-state index contributed by atoms with van der Waals surface area (Å²) in [6.07, 6.45) is 25.0. The van der Waals surface area contributed by atoms with E-state index in [-0.39, 0.29) is 13.2 Å². The average molecular weight is 373 g/mol. The smallest absolute Gasteiger partial charge is 0.0662 e. The molecule has 0 saturated heterocycles. The number of allylic oxidation sites excluding steroid dienone is 3. The third-order valence-corrected chi connectivity index (χ3v) is 3.77. The minimum atomic E-state index is -0.125. The van der Waals surface area contributed by atoms with Gasteiger partial charge < -0.3 is 15.3 Å². The Morgan fingerprint density at radius 3 is 1.27 bits per heavy atom. The quantitative estimate of drug-likeness (QED) is 0.224. The lowest BCUT2D eigenvalue weighted by Gasteiger charge is -1.99. The van der Waals surface area contributed by atoms with Crippen LogP contribution < -0.4 is 0 Å². The highest BCUT2D eigenvalue weighted by Gasteiger charge is 1.90. The van der Waals surface area contributed by atoms with E-state index in [0.717, 1.165) is 6.42 Å². The highest BCUT2D eigenvalue weighted by atomic mass is 16.3. The first kappa shape index (κ1) is 30.1. The van der Waals surface area contributed by atoms with E-state index in [1.54, 1.807) is 6.08 Å². The second kappa shape index (κ2) is 35.5. The lowest BCUT2D eigenvalue weighted by atomic mass is 10.1. The van der Waals surface area contributed by atoms with Crippen LogP contribution in [-0.4, -0.2) is 35.1 Å². The molecule has 26 heavy (non-hydrogen) atoms. The van der Waals surface area contributed by atoms with Crippen molar-refractivity contribution in [3.8, 4) is 0 Å². The van der Waals surface area contributed by atoms with Gasteiger partial charge in [0, 0.05) is 6.61 Å². The number of rotatable bonds is 16. The Labute approximate surface area is 164 Å². The van der Waals surface area contributed by atoms with Gasteiger partial charge in [-0.05, 0) is 39.0 Å². The molecule has 3 heteroatoms. The summed E-state index contributed by atoms with van der Waals surface area (Å²) < 4.78 is 0. The van der Waals surface area contributed by atoms with Crippen LogP contribution in [0.1, 0.15) is 104 Å². The Kier molecular flexibility index (Phi) is 41.1. The van der Waals surface area contributed by atoms with Crippen molar-refractivity contribution < 1.29 is 15.3 Å². The topological polar surface area (TPSA) is 60.7 Å². The summed E-state index contributed by atoms with van der Waals surface area (Å²) in [5.74, 6) is 0. The van der Waals surface area contributed by atoms with E-state index in [2.05, 4.69) is 25.7 Å². The molecule has 0 atom stereocenters. The van der Waals surface area contributed by atoms with Crippen molar-refractivity contribution in [3.63, 3.8) is 0 Å². The van der Waals surface area contributed by atoms with Gasteiger partial charge in [-0.25, -0.2) is 0 Å². The van der Waals surface area contributed by atoms with Gasteiger partial charge in [-0.1, -0.05) is 82.9 Å². The van der Waals surface area contributed by atoms with Crippen LogP contribution in [0.2, 0.25) is 0 Å². The summed E-state index contributed by atoms with van der Waals surface area (Å²) >= 11 is 0. The Balaban J connectivity index is -0.000000643. The van der Waals surface area contributed by atoms with Crippen molar-refractivity contribution in [1.29, 1.82) is 0 Å². The summed E-state index contributed by atoms with van der Waals surface area (Å²) in [5, 5.41) is 23.9. The summed E-state index contributed by atoms with van der Waals surface area (Å²) in [6.45, 7) is 7.64. The predicted molar refractivity (Wildman–Crippen MR) is 117 cm³/mol. The Morgan fingerprint density at radius 1 is 0.577 bits per heavy atom. The van der Waals surface area contributed by atoms with E-state index in [1.807, 2.05) is 6.92 Å². The fourth-order valence-electron chi connectivity index (χ4n) is 2.36. The van der Waals surface area contributed by atoms with Gasteiger partial charge in [0.05, 0.1) is 13.2 Å².